The zero-order chi connectivity index (χ0) is 11.8. The standard InChI is InChI=1S/C9H15NO5S/c1-9(5-15-6-9)8(11)10-16(12,13)7-2-3-14-4-7/h7H,2-6H2,1H3,(H,10,11). The molecule has 0 radical (unpaired) electrons. The lowest BCUT2D eigenvalue weighted by Gasteiger charge is -2.36. The van der Waals surface area contributed by atoms with Crippen LogP contribution >= 0.6 is 0 Å². The number of carbonyl (C=O) groups excluding carboxylic acids is 1. The maximum absolute atomic E-state index is 11.8. The first-order valence-electron chi connectivity index (χ1n) is 5.16. The predicted molar refractivity (Wildman–Crippen MR) is 55.2 cm³/mol. The van der Waals surface area contributed by atoms with Crippen molar-refractivity contribution in [1.82, 2.24) is 4.72 Å². The summed E-state index contributed by atoms with van der Waals surface area (Å²) in [6.07, 6.45) is 0.440. The molecular formula is C9H15NO5S. The fraction of sp³-hybridized carbons (Fsp3) is 0.889. The third-order valence-corrected chi connectivity index (χ3v) is 4.67. The van der Waals surface area contributed by atoms with Crippen molar-refractivity contribution in [3.63, 3.8) is 0 Å². The summed E-state index contributed by atoms with van der Waals surface area (Å²) >= 11 is 0. The predicted octanol–water partition coefficient (Wildman–Crippen LogP) is -0.742. The van der Waals surface area contributed by atoms with E-state index in [1.165, 1.54) is 0 Å². The minimum absolute atomic E-state index is 0.163. The summed E-state index contributed by atoms with van der Waals surface area (Å²) in [5.41, 5.74) is -0.702. The molecule has 0 aromatic rings. The van der Waals surface area contributed by atoms with Crippen molar-refractivity contribution >= 4 is 15.9 Å². The molecule has 2 heterocycles. The lowest BCUT2D eigenvalue weighted by Crippen LogP contribution is -2.54. The summed E-state index contributed by atoms with van der Waals surface area (Å²) in [4.78, 5) is 11.7. The summed E-state index contributed by atoms with van der Waals surface area (Å²) in [5.74, 6) is -0.481. The molecule has 0 saturated carbocycles. The van der Waals surface area contributed by atoms with Crippen molar-refractivity contribution < 1.29 is 22.7 Å². The van der Waals surface area contributed by atoms with Gasteiger partial charge in [0.1, 0.15) is 5.25 Å². The maximum Gasteiger partial charge on any atom is 0.244 e. The van der Waals surface area contributed by atoms with Crippen LogP contribution in [0.3, 0.4) is 0 Å². The Hall–Kier alpha value is -0.660. The largest absolute Gasteiger partial charge is 0.380 e. The number of rotatable bonds is 3. The molecule has 1 amide bonds. The molecule has 2 aliphatic rings. The first-order chi connectivity index (χ1) is 7.44. The third kappa shape index (κ3) is 2.07. The molecule has 92 valence electrons. The Balaban J connectivity index is 2.00. The van der Waals surface area contributed by atoms with Crippen LogP contribution in [0.4, 0.5) is 0 Å². The normalized spacial score (nSPS) is 28.4. The number of hydrogen-bond acceptors (Lipinski definition) is 5. The van der Waals surface area contributed by atoms with Gasteiger partial charge >= 0.3 is 0 Å². The van der Waals surface area contributed by atoms with Crippen molar-refractivity contribution in [1.29, 1.82) is 0 Å². The van der Waals surface area contributed by atoms with Gasteiger partial charge in [0.15, 0.2) is 0 Å². The van der Waals surface area contributed by atoms with Gasteiger partial charge in [-0.05, 0) is 13.3 Å². The van der Waals surface area contributed by atoms with Crippen LogP contribution in [-0.2, 0) is 24.3 Å². The Labute approximate surface area is 94.3 Å². The van der Waals surface area contributed by atoms with E-state index < -0.39 is 26.6 Å². The van der Waals surface area contributed by atoms with Crippen LogP contribution in [0.15, 0.2) is 0 Å². The Kier molecular flexibility index (Phi) is 2.93. The van der Waals surface area contributed by atoms with Gasteiger partial charge in [0, 0.05) is 6.61 Å². The topological polar surface area (TPSA) is 81.7 Å². The van der Waals surface area contributed by atoms with Crippen LogP contribution in [0.25, 0.3) is 0 Å². The number of carbonyl (C=O) groups is 1. The average Bonchev–Trinajstić information content (AvgIpc) is 2.66. The molecule has 1 atom stereocenters. The molecule has 0 aliphatic carbocycles. The summed E-state index contributed by atoms with van der Waals surface area (Å²) in [5, 5.41) is -0.610. The minimum atomic E-state index is -3.60. The van der Waals surface area contributed by atoms with Crippen molar-refractivity contribution in [3.8, 4) is 0 Å². The van der Waals surface area contributed by atoms with Crippen LogP contribution < -0.4 is 4.72 Å². The summed E-state index contributed by atoms with van der Waals surface area (Å²) in [6, 6.07) is 0. The van der Waals surface area contributed by atoms with Gasteiger partial charge in [-0.2, -0.15) is 0 Å². The van der Waals surface area contributed by atoms with Gasteiger partial charge in [0.05, 0.1) is 25.2 Å². The molecule has 2 fully saturated rings. The van der Waals surface area contributed by atoms with Crippen molar-refractivity contribution in [2.45, 2.75) is 18.6 Å². The molecule has 0 aromatic heterocycles. The highest BCUT2D eigenvalue weighted by Crippen LogP contribution is 2.27. The minimum Gasteiger partial charge on any atom is -0.380 e. The quantitative estimate of drug-likeness (QED) is 0.712. The monoisotopic (exact) mass is 249 g/mol. The summed E-state index contributed by atoms with van der Waals surface area (Å²) in [6.45, 7) is 2.83. The Morgan fingerprint density at radius 2 is 2.06 bits per heavy atom. The van der Waals surface area contributed by atoms with Gasteiger partial charge in [-0.25, -0.2) is 8.42 Å². The van der Waals surface area contributed by atoms with E-state index in [1.807, 2.05) is 0 Å². The molecule has 0 bridgehead atoms. The van der Waals surface area contributed by atoms with Crippen molar-refractivity contribution in [2.75, 3.05) is 26.4 Å². The Morgan fingerprint density at radius 3 is 2.50 bits per heavy atom. The molecule has 1 N–H and O–H groups in total. The smallest absolute Gasteiger partial charge is 0.244 e. The van der Waals surface area contributed by atoms with Gasteiger partial charge in [-0.15, -0.1) is 0 Å². The van der Waals surface area contributed by atoms with Gasteiger partial charge in [0.2, 0.25) is 15.9 Å². The van der Waals surface area contributed by atoms with Gasteiger partial charge < -0.3 is 9.47 Å². The Morgan fingerprint density at radius 1 is 1.38 bits per heavy atom. The van der Waals surface area contributed by atoms with E-state index >= 15 is 0 Å². The highest BCUT2D eigenvalue weighted by Gasteiger charge is 2.44. The van der Waals surface area contributed by atoms with E-state index in [1.54, 1.807) is 6.92 Å². The van der Waals surface area contributed by atoms with Crippen molar-refractivity contribution in [3.05, 3.63) is 0 Å². The van der Waals surface area contributed by atoms with E-state index in [4.69, 9.17) is 9.47 Å². The van der Waals surface area contributed by atoms with Crippen LogP contribution in [-0.4, -0.2) is 46.0 Å². The average molecular weight is 249 g/mol. The molecule has 16 heavy (non-hydrogen) atoms. The molecular weight excluding hydrogens is 234 g/mol. The number of sulfonamides is 1. The fourth-order valence-electron chi connectivity index (χ4n) is 1.63. The first kappa shape index (κ1) is 11.8. The van der Waals surface area contributed by atoms with Gasteiger partial charge in [-0.3, -0.25) is 9.52 Å². The molecule has 6 nitrogen and oxygen atoms in total. The third-order valence-electron chi connectivity index (χ3n) is 2.95. The Bertz CT molecular complexity index is 381. The highest BCUT2D eigenvalue weighted by atomic mass is 32.2. The molecule has 0 spiro atoms. The number of amides is 1. The molecule has 2 aliphatic heterocycles. The molecule has 7 heteroatoms. The van der Waals surface area contributed by atoms with E-state index in [9.17, 15) is 13.2 Å². The van der Waals surface area contributed by atoms with E-state index in [2.05, 4.69) is 4.72 Å². The van der Waals surface area contributed by atoms with Gasteiger partial charge in [-0.1, -0.05) is 0 Å². The number of hydrogen-bond donors (Lipinski definition) is 1. The number of ether oxygens (including phenoxy) is 2. The second kappa shape index (κ2) is 3.97. The first-order valence-corrected chi connectivity index (χ1v) is 6.70. The zero-order valence-corrected chi connectivity index (χ0v) is 9.88. The van der Waals surface area contributed by atoms with E-state index in [0.29, 0.717) is 13.0 Å². The van der Waals surface area contributed by atoms with E-state index in [0.717, 1.165) is 0 Å². The molecule has 2 rings (SSSR count). The maximum atomic E-state index is 11.8. The number of nitrogens with one attached hydrogen (secondary N) is 1. The lowest BCUT2D eigenvalue weighted by atomic mass is 9.88. The molecule has 2 saturated heterocycles. The summed E-state index contributed by atoms with van der Waals surface area (Å²) in [7, 11) is -3.60. The summed E-state index contributed by atoms with van der Waals surface area (Å²) < 4.78 is 35.6. The van der Waals surface area contributed by atoms with Gasteiger partial charge in [0.25, 0.3) is 0 Å². The lowest BCUT2D eigenvalue weighted by molar-refractivity contribution is -0.155. The second-order valence-electron chi connectivity index (χ2n) is 4.52. The highest BCUT2D eigenvalue weighted by molar-refractivity contribution is 7.90. The molecule has 0 aromatic carbocycles. The second-order valence-corrected chi connectivity index (χ2v) is 6.48. The van der Waals surface area contributed by atoms with E-state index in [-0.39, 0.29) is 19.8 Å². The fourth-order valence-corrected chi connectivity index (χ4v) is 2.99. The SMILES string of the molecule is CC1(C(=O)NS(=O)(=O)C2CCOC2)COC1. The molecule has 1 unspecified atom stereocenters. The van der Waals surface area contributed by atoms with Crippen LogP contribution in [0.5, 0.6) is 0 Å². The van der Waals surface area contributed by atoms with Crippen LogP contribution in [0.1, 0.15) is 13.3 Å². The van der Waals surface area contributed by atoms with Crippen LogP contribution in [0.2, 0.25) is 0 Å². The van der Waals surface area contributed by atoms with Crippen molar-refractivity contribution in [2.24, 2.45) is 5.41 Å². The zero-order valence-electron chi connectivity index (χ0n) is 9.06. The van der Waals surface area contributed by atoms with Crippen LogP contribution in [0, 0.1) is 5.41 Å².